The molecule has 1 aliphatic rings. The van der Waals surface area contributed by atoms with Crippen molar-refractivity contribution < 1.29 is 18.4 Å². The molecular weight excluding hydrogens is 320 g/mol. The van der Waals surface area contributed by atoms with E-state index < -0.39 is 24.1 Å². The van der Waals surface area contributed by atoms with Crippen LogP contribution in [0.2, 0.25) is 0 Å². The number of ether oxygens (including phenoxy) is 1. The Labute approximate surface area is 149 Å². The molecule has 0 amide bonds. The summed E-state index contributed by atoms with van der Waals surface area (Å²) in [5.41, 5.74) is 0.156. The lowest BCUT2D eigenvalue weighted by atomic mass is 9.78. The van der Waals surface area contributed by atoms with Crippen molar-refractivity contribution in [3.05, 3.63) is 54.1 Å². The van der Waals surface area contributed by atoms with E-state index in [0.29, 0.717) is 11.2 Å². The van der Waals surface area contributed by atoms with Gasteiger partial charge in [-0.25, -0.2) is 4.39 Å². The quantitative estimate of drug-likeness (QED) is 0.792. The van der Waals surface area contributed by atoms with Crippen LogP contribution in [0, 0.1) is 5.82 Å². The van der Waals surface area contributed by atoms with E-state index in [1.807, 2.05) is 45.9 Å². The maximum absolute atomic E-state index is 14.5. The van der Waals surface area contributed by atoms with Crippen LogP contribution in [0.15, 0.2) is 42.6 Å². The molecule has 0 unspecified atom stereocenters. The molecule has 0 atom stereocenters. The summed E-state index contributed by atoms with van der Waals surface area (Å²) in [5, 5.41) is 0. The fourth-order valence-corrected chi connectivity index (χ4v) is 2.40. The van der Waals surface area contributed by atoms with Gasteiger partial charge in [0.15, 0.2) is 0 Å². The fraction of sp³-hybridized carbons (Fsp3) is 0.421. The highest BCUT2D eigenvalue weighted by Crippen LogP contribution is 2.36. The maximum atomic E-state index is 14.5. The second-order valence-corrected chi connectivity index (χ2v) is 6.88. The zero-order valence-electron chi connectivity index (χ0n) is 14.4. The normalized spacial score (nSPS) is 17.9. The molecule has 0 N–H and O–H groups in total. The van der Waals surface area contributed by atoms with Crippen molar-refractivity contribution in [2.75, 3.05) is 0 Å². The summed E-state index contributed by atoms with van der Waals surface area (Å²) in [7, 11) is -0.722. The number of hydrogen-bond donors (Lipinski definition) is 0. The number of nitrogens with zero attached hydrogens (tertiary/aromatic N) is 1. The van der Waals surface area contributed by atoms with Crippen LogP contribution in [0.5, 0.6) is 5.75 Å². The van der Waals surface area contributed by atoms with E-state index in [1.165, 1.54) is 6.07 Å². The lowest BCUT2D eigenvalue weighted by Crippen LogP contribution is -2.41. The van der Waals surface area contributed by atoms with Gasteiger partial charge in [0, 0.05) is 17.7 Å². The van der Waals surface area contributed by atoms with E-state index in [2.05, 4.69) is 4.98 Å². The van der Waals surface area contributed by atoms with Crippen LogP contribution in [0.1, 0.15) is 40.8 Å². The Balaban J connectivity index is 0.00000225. The topological polar surface area (TPSA) is 40.6 Å². The van der Waals surface area contributed by atoms with Crippen molar-refractivity contribution in [1.29, 1.82) is 0 Å². The van der Waals surface area contributed by atoms with Crippen LogP contribution in [-0.2, 0) is 15.9 Å². The van der Waals surface area contributed by atoms with Gasteiger partial charge in [-0.15, -0.1) is 0 Å². The Bertz CT molecular complexity index is 706. The highest BCUT2D eigenvalue weighted by molar-refractivity contribution is 6.62. The lowest BCUT2D eigenvalue weighted by Gasteiger charge is -2.32. The summed E-state index contributed by atoms with van der Waals surface area (Å²) >= 11 is 0. The molecule has 6 heteroatoms. The summed E-state index contributed by atoms with van der Waals surface area (Å²) in [4.78, 5) is 4.17. The Morgan fingerprint density at radius 3 is 2.32 bits per heavy atom. The maximum Gasteiger partial charge on any atom is 0.497 e. The summed E-state index contributed by atoms with van der Waals surface area (Å²) in [5.74, 6) is 0.0328. The molecule has 25 heavy (non-hydrogen) atoms. The number of hydrogen-bond acceptors (Lipinski definition) is 4. The molecule has 0 bridgehead atoms. The Morgan fingerprint density at radius 1 is 1.08 bits per heavy atom. The van der Waals surface area contributed by atoms with E-state index in [-0.39, 0.29) is 14.0 Å². The van der Waals surface area contributed by atoms with E-state index in [1.54, 1.807) is 18.3 Å². The van der Waals surface area contributed by atoms with E-state index in [4.69, 9.17) is 14.0 Å². The first-order valence-electron chi connectivity index (χ1n) is 7.96. The molecule has 3 rings (SSSR count). The molecule has 4 nitrogen and oxygen atoms in total. The van der Waals surface area contributed by atoms with Gasteiger partial charge in [0.25, 0.3) is 0 Å². The largest absolute Gasteiger partial charge is 0.497 e. The van der Waals surface area contributed by atoms with Crippen LogP contribution in [-0.4, -0.2) is 23.3 Å². The molecule has 1 aliphatic heterocycles. The molecule has 0 saturated carbocycles. The van der Waals surface area contributed by atoms with Crippen LogP contribution in [0.25, 0.3) is 0 Å². The van der Waals surface area contributed by atoms with Crippen molar-refractivity contribution in [2.24, 2.45) is 0 Å². The fourth-order valence-electron chi connectivity index (χ4n) is 2.40. The van der Waals surface area contributed by atoms with Crippen molar-refractivity contribution >= 4 is 12.6 Å². The van der Waals surface area contributed by atoms with Gasteiger partial charge in [-0.2, -0.15) is 0 Å². The van der Waals surface area contributed by atoms with Crippen LogP contribution in [0.4, 0.5) is 4.39 Å². The van der Waals surface area contributed by atoms with Crippen molar-refractivity contribution in [2.45, 2.75) is 52.9 Å². The minimum Gasteiger partial charge on any atom is -0.487 e. The molecule has 2 heterocycles. The number of benzene rings is 1. The van der Waals surface area contributed by atoms with Gasteiger partial charge >= 0.3 is 7.12 Å². The predicted octanol–water partition coefficient (Wildman–Crippen LogP) is 3.74. The van der Waals surface area contributed by atoms with Crippen LogP contribution < -0.4 is 10.2 Å². The van der Waals surface area contributed by atoms with Gasteiger partial charge in [0.05, 0.1) is 16.9 Å². The smallest absolute Gasteiger partial charge is 0.487 e. The molecule has 0 radical (unpaired) electrons. The number of rotatable bonds is 4. The van der Waals surface area contributed by atoms with Gasteiger partial charge in [0.2, 0.25) is 0 Å². The third-order valence-electron chi connectivity index (χ3n) is 4.59. The Hall–Kier alpha value is -1.92. The molecule has 1 aromatic heterocycles. The third kappa shape index (κ3) is 4.02. The second kappa shape index (κ2) is 7.14. The lowest BCUT2D eigenvalue weighted by molar-refractivity contribution is 0.00578. The summed E-state index contributed by atoms with van der Waals surface area (Å²) in [6, 6.07) is 10.3. The molecule has 0 aliphatic carbocycles. The van der Waals surface area contributed by atoms with Gasteiger partial charge in [-0.1, -0.05) is 19.6 Å². The highest BCUT2D eigenvalue weighted by Gasteiger charge is 2.52. The minimum atomic E-state index is -0.722. The van der Waals surface area contributed by atoms with E-state index >= 15 is 0 Å². The van der Waals surface area contributed by atoms with Crippen LogP contribution >= 0.6 is 0 Å². The first kappa shape index (κ1) is 19.4. The van der Waals surface area contributed by atoms with Crippen molar-refractivity contribution in [3.63, 3.8) is 0 Å². The second-order valence-electron chi connectivity index (χ2n) is 6.88. The Morgan fingerprint density at radius 2 is 1.76 bits per heavy atom. The minimum absolute atomic E-state index is 0. The number of pyridine rings is 1. The van der Waals surface area contributed by atoms with Gasteiger partial charge < -0.3 is 14.0 Å². The van der Waals surface area contributed by atoms with E-state index in [9.17, 15) is 4.39 Å². The molecular formula is C19H25BFNO3. The zero-order chi connectivity index (χ0) is 17.4. The third-order valence-corrected chi connectivity index (χ3v) is 4.59. The van der Waals surface area contributed by atoms with Crippen LogP contribution in [0.3, 0.4) is 0 Å². The average Bonchev–Trinajstić information content (AvgIpc) is 2.74. The summed E-state index contributed by atoms with van der Waals surface area (Å²) in [6.07, 6.45) is 1.70. The van der Waals surface area contributed by atoms with E-state index in [0.717, 1.165) is 5.69 Å². The number of aromatic nitrogens is 1. The molecule has 0 spiro atoms. The first-order chi connectivity index (χ1) is 11.3. The molecule has 1 fully saturated rings. The SMILES string of the molecule is C.CC1(C)OB(c2ccc(OCc3ccccn3)cc2F)OC1(C)C. The Kier molecular flexibility index (Phi) is 5.54. The molecule has 2 aromatic rings. The summed E-state index contributed by atoms with van der Waals surface area (Å²) < 4.78 is 31.8. The molecule has 134 valence electrons. The standard InChI is InChI=1S/C18H21BFNO3.CH4/c1-17(2)18(3,4)24-19(23-17)15-9-8-14(11-16(15)20)22-12-13-7-5-6-10-21-13;/h5-11H,12H2,1-4H3;1H4. The molecule has 1 saturated heterocycles. The molecule has 1 aromatic carbocycles. The van der Waals surface area contributed by atoms with Gasteiger partial charge in [0.1, 0.15) is 18.2 Å². The van der Waals surface area contributed by atoms with Crippen molar-refractivity contribution in [1.82, 2.24) is 4.98 Å². The monoisotopic (exact) mass is 345 g/mol. The average molecular weight is 345 g/mol. The number of halogens is 1. The summed E-state index contributed by atoms with van der Waals surface area (Å²) in [6.45, 7) is 8.05. The first-order valence-corrected chi connectivity index (χ1v) is 7.96. The van der Waals surface area contributed by atoms with Gasteiger partial charge in [-0.05, 0) is 45.9 Å². The zero-order valence-corrected chi connectivity index (χ0v) is 14.4. The van der Waals surface area contributed by atoms with Gasteiger partial charge in [-0.3, -0.25) is 4.98 Å². The highest BCUT2D eigenvalue weighted by atomic mass is 19.1. The van der Waals surface area contributed by atoms with Crippen molar-refractivity contribution in [3.8, 4) is 5.75 Å². The predicted molar refractivity (Wildman–Crippen MR) is 97.4 cm³/mol.